The van der Waals surface area contributed by atoms with Crippen molar-refractivity contribution >= 4 is 6.09 Å². The zero-order chi connectivity index (χ0) is 17.6. The number of alkyl halides is 2. The van der Waals surface area contributed by atoms with Crippen LogP contribution in [0.4, 0.5) is 13.6 Å². The first-order chi connectivity index (χ1) is 10.6. The summed E-state index contributed by atoms with van der Waals surface area (Å²) in [6, 6.07) is 5.34. The molecule has 0 bridgehead atoms. The largest absolute Gasteiger partial charge is 0.444 e. The van der Waals surface area contributed by atoms with Gasteiger partial charge in [0, 0.05) is 6.54 Å². The predicted octanol–water partition coefficient (Wildman–Crippen LogP) is 2.21. The number of ether oxygens (including phenoxy) is 2. The minimum Gasteiger partial charge on any atom is -0.444 e. The quantitative estimate of drug-likeness (QED) is 0.743. The fourth-order valence-electron chi connectivity index (χ4n) is 1.71. The van der Waals surface area contributed by atoms with Crippen molar-refractivity contribution < 1.29 is 33.3 Å². The lowest BCUT2D eigenvalue weighted by molar-refractivity contribution is -0.0501. The van der Waals surface area contributed by atoms with Crippen LogP contribution in [-0.4, -0.2) is 41.2 Å². The Morgan fingerprint density at radius 3 is 2.52 bits per heavy atom. The topological polar surface area (TPSA) is 88.0 Å². The van der Waals surface area contributed by atoms with E-state index in [9.17, 15) is 23.8 Å². The fourth-order valence-corrected chi connectivity index (χ4v) is 1.71. The number of hydrogen-bond donors (Lipinski definition) is 3. The minimum absolute atomic E-state index is 0.135. The van der Waals surface area contributed by atoms with Gasteiger partial charge in [0.1, 0.15) is 23.6 Å². The first-order valence-electron chi connectivity index (χ1n) is 6.96. The van der Waals surface area contributed by atoms with Gasteiger partial charge >= 0.3 is 12.7 Å². The molecule has 1 amide bonds. The summed E-state index contributed by atoms with van der Waals surface area (Å²) in [5.74, 6) is -0.135. The average molecular weight is 333 g/mol. The smallest absolute Gasteiger partial charge is 0.407 e. The maximum atomic E-state index is 12.2. The van der Waals surface area contributed by atoms with Gasteiger partial charge in [-0.2, -0.15) is 8.78 Å². The molecule has 0 aliphatic heterocycles. The number of amides is 1. The van der Waals surface area contributed by atoms with E-state index < -0.39 is 30.5 Å². The first-order valence-corrected chi connectivity index (χ1v) is 6.96. The molecule has 130 valence electrons. The number of benzene rings is 1. The monoisotopic (exact) mass is 333 g/mol. The van der Waals surface area contributed by atoms with Crippen LogP contribution in [-0.2, 0) is 4.74 Å². The molecule has 1 aromatic rings. The van der Waals surface area contributed by atoms with Crippen LogP contribution in [0.2, 0.25) is 0 Å². The van der Waals surface area contributed by atoms with E-state index in [1.165, 1.54) is 24.3 Å². The molecule has 6 nitrogen and oxygen atoms in total. The van der Waals surface area contributed by atoms with Crippen LogP contribution in [0.3, 0.4) is 0 Å². The van der Waals surface area contributed by atoms with Crippen LogP contribution >= 0.6 is 0 Å². The summed E-state index contributed by atoms with van der Waals surface area (Å²) in [6.07, 6.45) is -3.46. The number of nitrogens with one attached hydrogen (secondary N) is 1. The van der Waals surface area contributed by atoms with Gasteiger partial charge in [0.15, 0.2) is 0 Å². The van der Waals surface area contributed by atoms with Crippen molar-refractivity contribution in [2.75, 3.05) is 6.54 Å². The normalized spacial score (nSPS) is 14.3. The Labute approximate surface area is 133 Å². The summed E-state index contributed by atoms with van der Waals surface area (Å²) in [4.78, 5) is 11.5. The first kappa shape index (κ1) is 19.1. The Morgan fingerprint density at radius 2 is 1.96 bits per heavy atom. The van der Waals surface area contributed by atoms with E-state index in [4.69, 9.17) is 4.74 Å². The second kappa shape index (κ2) is 8.07. The molecule has 8 heteroatoms. The predicted molar refractivity (Wildman–Crippen MR) is 78.3 cm³/mol. The third-order valence-corrected chi connectivity index (χ3v) is 2.64. The summed E-state index contributed by atoms with van der Waals surface area (Å²) >= 11 is 0. The van der Waals surface area contributed by atoms with Crippen molar-refractivity contribution in [2.24, 2.45) is 0 Å². The van der Waals surface area contributed by atoms with E-state index >= 15 is 0 Å². The molecule has 1 rings (SSSR count). The SMILES string of the molecule is CC(C)(C)OC(=O)NCC(O)C(O)c1cccc(OC(F)F)c1. The van der Waals surface area contributed by atoms with Gasteiger partial charge in [-0.25, -0.2) is 4.79 Å². The second-order valence-corrected chi connectivity index (χ2v) is 5.85. The molecular formula is C15H21F2NO5. The molecule has 0 aliphatic rings. The van der Waals surface area contributed by atoms with Crippen LogP contribution in [0, 0.1) is 0 Å². The molecule has 0 spiro atoms. The Hall–Kier alpha value is -1.93. The molecule has 2 unspecified atom stereocenters. The number of rotatable bonds is 6. The lowest BCUT2D eigenvalue weighted by Crippen LogP contribution is -2.38. The number of aliphatic hydroxyl groups is 2. The minimum atomic E-state index is -2.99. The summed E-state index contributed by atoms with van der Waals surface area (Å²) in [5.41, 5.74) is -0.504. The summed E-state index contributed by atoms with van der Waals surface area (Å²) < 4.78 is 33.5. The van der Waals surface area contributed by atoms with Crippen molar-refractivity contribution in [3.05, 3.63) is 29.8 Å². The zero-order valence-corrected chi connectivity index (χ0v) is 13.1. The Morgan fingerprint density at radius 1 is 1.30 bits per heavy atom. The van der Waals surface area contributed by atoms with Crippen LogP contribution in [0.25, 0.3) is 0 Å². The van der Waals surface area contributed by atoms with Crippen molar-refractivity contribution in [1.29, 1.82) is 0 Å². The van der Waals surface area contributed by atoms with Gasteiger partial charge < -0.3 is 25.0 Å². The molecular weight excluding hydrogens is 312 g/mol. The lowest BCUT2D eigenvalue weighted by atomic mass is 10.0. The maximum Gasteiger partial charge on any atom is 0.407 e. The zero-order valence-electron chi connectivity index (χ0n) is 13.1. The molecule has 0 aromatic heterocycles. The van der Waals surface area contributed by atoms with Crippen molar-refractivity contribution in [1.82, 2.24) is 5.32 Å². The Kier molecular flexibility index (Phi) is 6.71. The fraction of sp³-hybridized carbons (Fsp3) is 0.533. The molecule has 0 saturated carbocycles. The molecule has 1 aromatic carbocycles. The van der Waals surface area contributed by atoms with Gasteiger partial charge in [-0.05, 0) is 38.5 Å². The molecule has 23 heavy (non-hydrogen) atoms. The molecule has 0 fully saturated rings. The second-order valence-electron chi connectivity index (χ2n) is 5.85. The highest BCUT2D eigenvalue weighted by molar-refractivity contribution is 5.67. The number of carbonyl (C=O) groups is 1. The Bertz CT molecular complexity index is 519. The molecule has 2 atom stereocenters. The molecule has 0 saturated heterocycles. The van der Waals surface area contributed by atoms with E-state index in [2.05, 4.69) is 10.1 Å². The number of aliphatic hydroxyl groups excluding tert-OH is 2. The van der Waals surface area contributed by atoms with Crippen LogP contribution in [0.15, 0.2) is 24.3 Å². The summed E-state index contributed by atoms with van der Waals surface area (Å²) in [7, 11) is 0. The van der Waals surface area contributed by atoms with Gasteiger partial charge in [0.2, 0.25) is 0 Å². The molecule has 0 aliphatic carbocycles. The Balaban J connectivity index is 2.59. The molecule has 3 N–H and O–H groups in total. The van der Waals surface area contributed by atoms with E-state index in [1.807, 2.05) is 0 Å². The lowest BCUT2D eigenvalue weighted by Gasteiger charge is -2.22. The number of hydrogen-bond acceptors (Lipinski definition) is 5. The van der Waals surface area contributed by atoms with E-state index in [-0.39, 0.29) is 17.9 Å². The average Bonchev–Trinajstić information content (AvgIpc) is 2.41. The third-order valence-electron chi connectivity index (χ3n) is 2.64. The standard InChI is InChI=1S/C15H21F2NO5/c1-15(2,3)23-14(21)18-8-11(19)12(20)9-5-4-6-10(7-9)22-13(16)17/h4-7,11-13,19-20H,8H2,1-3H3,(H,18,21). The van der Waals surface area contributed by atoms with E-state index in [1.54, 1.807) is 20.8 Å². The third kappa shape index (κ3) is 7.25. The number of carbonyl (C=O) groups excluding carboxylic acids is 1. The van der Waals surface area contributed by atoms with Crippen LogP contribution < -0.4 is 10.1 Å². The maximum absolute atomic E-state index is 12.2. The number of alkyl carbamates (subject to hydrolysis) is 1. The summed E-state index contributed by atoms with van der Waals surface area (Å²) in [6.45, 7) is 1.81. The van der Waals surface area contributed by atoms with Gasteiger partial charge in [0.05, 0.1) is 0 Å². The highest BCUT2D eigenvalue weighted by Gasteiger charge is 2.22. The highest BCUT2D eigenvalue weighted by atomic mass is 19.3. The van der Waals surface area contributed by atoms with Gasteiger partial charge in [-0.3, -0.25) is 0 Å². The van der Waals surface area contributed by atoms with E-state index in [0.717, 1.165) is 0 Å². The van der Waals surface area contributed by atoms with Gasteiger partial charge in [-0.15, -0.1) is 0 Å². The van der Waals surface area contributed by atoms with E-state index in [0.29, 0.717) is 0 Å². The molecule has 0 radical (unpaired) electrons. The van der Waals surface area contributed by atoms with Crippen molar-refractivity contribution in [3.8, 4) is 5.75 Å². The van der Waals surface area contributed by atoms with Gasteiger partial charge in [0.25, 0.3) is 0 Å². The van der Waals surface area contributed by atoms with Crippen molar-refractivity contribution in [2.45, 2.75) is 45.2 Å². The van der Waals surface area contributed by atoms with Crippen LogP contribution in [0.1, 0.15) is 32.4 Å². The highest BCUT2D eigenvalue weighted by Crippen LogP contribution is 2.23. The van der Waals surface area contributed by atoms with Gasteiger partial charge in [-0.1, -0.05) is 12.1 Å². The van der Waals surface area contributed by atoms with Crippen LogP contribution in [0.5, 0.6) is 5.75 Å². The number of halogens is 2. The van der Waals surface area contributed by atoms with Crippen molar-refractivity contribution in [3.63, 3.8) is 0 Å². The molecule has 0 heterocycles. The summed E-state index contributed by atoms with van der Waals surface area (Å²) in [5, 5.41) is 22.2.